The van der Waals surface area contributed by atoms with Gasteiger partial charge in [0.1, 0.15) is 11.8 Å². The summed E-state index contributed by atoms with van der Waals surface area (Å²) in [6.07, 6.45) is 3.13. The number of methoxy groups -OCH3 is 1. The predicted octanol–water partition coefficient (Wildman–Crippen LogP) is 0.843. The minimum Gasteiger partial charge on any atom is -0.468 e. The highest BCUT2D eigenvalue weighted by atomic mass is 32.2. The lowest BCUT2D eigenvalue weighted by atomic mass is 9.90. The van der Waals surface area contributed by atoms with Crippen molar-refractivity contribution < 1.29 is 22.4 Å². The van der Waals surface area contributed by atoms with Crippen LogP contribution >= 0.6 is 0 Å². The van der Waals surface area contributed by atoms with Crippen LogP contribution in [-0.4, -0.2) is 38.5 Å². The van der Waals surface area contributed by atoms with Gasteiger partial charge in [0.25, 0.3) is 10.0 Å². The van der Waals surface area contributed by atoms with E-state index in [1.54, 1.807) is 13.0 Å². The van der Waals surface area contributed by atoms with E-state index in [4.69, 9.17) is 14.3 Å². The summed E-state index contributed by atoms with van der Waals surface area (Å²) in [5.41, 5.74) is 0. The average Bonchev–Trinajstić information content (AvgIpc) is 2.82. The molecule has 1 heterocycles. The molecule has 118 valence electrons. The number of furan rings is 1. The van der Waals surface area contributed by atoms with Crippen LogP contribution in [0.1, 0.15) is 31.9 Å². The molecule has 0 radical (unpaired) electrons. The molecule has 0 amide bonds. The first-order valence-electron chi connectivity index (χ1n) is 6.78. The first kappa shape index (κ1) is 16.0. The van der Waals surface area contributed by atoms with Crippen molar-refractivity contribution in [3.63, 3.8) is 0 Å². The molecule has 0 spiro atoms. The number of nitrogens with two attached hydrogens (primary N) is 1. The van der Waals surface area contributed by atoms with Crippen LogP contribution in [0.2, 0.25) is 0 Å². The van der Waals surface area contributed by atoms with Gasteiger partial charge in [-0.05, 0) is 31.9 Å². The molecule has 2 N–H and O–H groups in total. The van der Waals surface area contributed by atoms with Gasteiger partial charge in [-0.2, -0.15) is 0 Å². The third-order valence-electron chi connectivity index (χ3n) is 3.84. The quantitative estimate of drug-likeness (QED) is 0.780. The topological polar surface area (TPSA) is 103 Å². The van der Waals surface area contributed by atoms with Gasteiger partial charge >= 0.3 is 5.97 Å². The van der Waals surface area contributed by atoms with E-state index < -0.39 is 16.1 Å². The highest BCUT2D eigenvalue weighted by Crippen LogP contribution is 2.29. The van der Waals surface area contributed by atoms with Crippen LogP contribution in [0.5, 0.6) is 0 Å². The molecule has 21 heavy (non-hydrogen) atoms. The predicted molar refractivity (Wildman–Crippen MR) is 74.7 cm³/mol. The van der Waals surface area contributed by atoms with Gasteiger partial charge in [-0.3, -0.25) is 9.69 Å². The van der Waals surface area contributed by atoms with E-state index in [0.717, 1.165) is 19.3 Å². The Hall–Kier alpha value is -1.38. The highest BCUT2D eigenvalue weighted by molar-refractivity contribution is 7.89. The summed E-state index contributed by atoms with van der Waals surface area (Å²) >= 11 is 0. The summed E-state index contributed by atoms with van der Waals surface area (Å²) in [5, 5.41) is 4.75. The molecule has 1 saturated carbocycles. The van der Waals surface area contributed by atoms with E-state index in [0.29, 0.717) is 12.3 Å². The first-order valence-corrected chi connectivity index (χ1v) is 8.32. The lowest BCUT2D eigenvalue weighted by molar-refractivity contribution is -0.148. The highest BCUT2D eigenvalue weighted by Gasteiger charge is 2.33. The molecule has 1 aliphatic rings. The lowest BCUT2D eigenvalue weighted by Gasteiger charge is -2.39. The largest absolute Gasteiger partial charge is 0.468 e. The van der Waals surface area contributed by atoms with Crippen molar-refractivity contribution in [2.75, 3.05) is 7.11 Å². The van der Waals surface area contributed by atoms with Crippen LogP contribution in [0.3, 0.4) is 0 Å². The number of nitrogens with zero attached hydrogens (tertiary/aromatic N) is 1. The zero-order chi connectivity index (χ0) is 15.6. The summed E-state index contributed by atoms with van der Waals surface area (Å²) in [4.78, 5) is 13.7. The van der Waals surface area contributed by atoms with Gasteiger partial charge in [0, 0.05) is 6.04 Å². The Balaban J connectivity index is 2.15. The minimum atomic E-state index is -3.85. The fourth-order valence-corrected chi connectivity index (χ4v) is 2.86. The molecule has 0 bridgehead atoms. The Kier molecular flexibility index (Phi) is 4.70. The lowest BCUT2D eigenvalue weighted by Crippen LogP contribution is -2.48. The Morgan fingerprint density at radius 3 is 2.62 bits per heavy atom. The van der Waals surface area contributed by atoms with Crippen molar-refractivity contribution in [1.29, 1.82) is 0 Å². The molecule has 0 aromatic carbocycles. The maximum atomic E-state index is 11.7. The summed E-state index contributed by atoms with van der Waals surface area (Å²) in [7, 11) is -2.50. The molecule has 7 nitrogen and oxygen atoms in total. The molecular formula is C13H20N2O5S. The molecule has 0 aliphatic heterocycles. The molecule has 1 aromatic rings. The first-order chi connectivity index (χ1) is 9.82. The monoisotopic (exact) mass is 316 g/mol. The van der Waals surface area contributed by atoms with Crippen LogP contribution in [0, 0.1) is 0 Å². The molecule has 1 atom stereocenters. The van der Waals surface area contributed by atoms with Gasteiger partial charge in [0.05, 0.1) is 13.7 Å². The number of esters is 1. The normalized spacial score (nSPS) is 17.5. The molecule has 2 rings (SSSR count). The second-order valence-corrected chi connectivity index (χ2v) is 6.71. The Bertz CT molecular complexity index is 606. The van der Waals surface area contributed by atoms with Crippen LogP contribution in [-0.2, 0) is 26.1 Å². The van der Waals surface area contributed by atoms with E-state index in [9.17, 15) is 13.2 Å². The molecule has 1 fully saturated rings. The second-order valence-electron chi connectivity index (χ2n) is 5.22. The van der Waals surface area contributed by atoms with Crippen molar-refractivity contribution in [1.82, 2.24) is 4.90 Å². The maximum Gasteiger partial charge on any atom is 0.322 e. The Morgan fingerprint density at radius 2 is 2.19 bits per heavy atom. The van der Waals surface area contributed by atoms with Gasteiger partial charge in [-0.25, -0.2) is 13.6 Å². The van der Waals surface area contributed by atoms with Crippen molar-refractivity contribution in [3.05, 3.63) is 17.9 Å². The average molecular weight is 316 g/mol. The number of carbonyl (C=O) groups excluding carboxylic acids is 1. The third kappa shape index (κ3) is 3.63. The molecule has 1 aromatic heterocycles. The molecule has 0 saturated heterocycles. The molecule has 8 heteroatoms. The zero-order valence-corrected chi connectivity index (χ0v) is 12.9. The van der Waals surface area contributed by atoms with Crippen molar-refractivity contribution in [2.45, 2.75) is 49.9 Å². The number of sulfonamides is 1. The number of hydrogen-bond acceptors (Lipinski definition) is 6. The number of rotatable bonds is 6. The van der Waals surface area contributed by atoms with Crippen LogP contribution in [0.4, 0.5) is 0 Å². The Labute approximate surface area is 124 Å². The van der Waals surface area contributed by atoms with Crippen LogP contribution in [0.15, 0.2) is 21.6 Å². The van der Waals surface area contributed by atoms with E-state index in [1.807, 2.05) is 4.90 Å². The fourth-order valence-electron chi connectivity index (χ4n) is 2.38. The zero-order valence-electron chi connectivity index (χ0n) is 12.1. The minimum absolute atomic E-state index is 0.267. The van der Waals surface area contributed by atoms with Crippen molar-refractivity contribution in [3.8, 4) is 0 Å². The van der Waals surface area contributed by atoms with Gasteiger partial charge in [-0.15, -0.1) is 0 Å². The number of ether oxygens (including phenoxy) is 1. The number of primary sulfonamides is 1. The van der Waals surface area contributed by atoms with E-state index >= 15 is 0 Å². The van der Waals surface area contributed by atoms with Gasteiger partial charge in [0.2, 0.25) is 5.09 Å². The molecule has 0 unspecified atom stereocenters. The summed E-state index contributed by atoms with van der Waals surface area (Å²) in [6, 6.07) is 2.76. The maximum absolute atomic E-state index is 11.7. The summed E-state index contributed by atoms with van der Waals surface area (Å²) < 4.78 is 32.5. The SMILES string of the molecule is COC(=O)[C@H](C)N(Cc1ccc(S(N)(=O)=O)o1)C1CCC1. The Morgan fingerprint density at radius 1 is 1.52 bits per heavy atom. The van der Waals surface area contributed by atoms with Gasteiger partial charge in [-0.1, -0.05) is 6.42 Å². The van der Waals surface area contributed by atoms with Gasteiger partial charge in [0.15, 0.2) is 0 Å². The standard InChI is InChI=1S/C13H20N2O5S/c1-9(13(16)19-2)15(10-4-3-5-10)8-11-6-7-12(20-11)21(14,17)18/h6-7,9-10H,3-5,8H2,1-2H3,(H2,14,17,18)/t9-/m0/s1. The summed E-state index contributed by atoms with van der Waals surface area (Å²) in [5.74, 6) is 0.141. The second kappa shape index (κ2) is 6.17. The van der Waals surface area contributed by atoms with Crippen LogP contribution < -0.4 is 5.14 Å². The number of carbonyl (C=O) groups is 1. The molecular weight excluding hydrogens is 296 g/mol. The van der Waals surface area contributed by atoms with Crippen LogP contribution in [0.25, 0.3) is 0 Å². The van der Waals surface area contributed by atoms with Gasteiger partial charge < -0.3 is 9.15 Å². The van der Waals surface area contributed by atoms with E-state index in [1.165, 1.54) is 13.2 Å². The van der Waals surface area contributed by atoms with Crippen molar-refractivity contribution in [2.24, 2.45) is 5.14 Å². The van der Waals surface area contributed by atoms with E-state index in [2.05, 4.69) is 0 Å². The number of hydrogen-bond donors (Lipinski definition) is 1. The fraction of sp³-hybridized carbons (Fsp3) is 0.615. The summed E-state index contributed by atoms with van der Waals surface area (Å²) in [6.45, 7) is 2.12. The third-order valence-corrected chi connectivity index (χ3v) is 4.62. The smallest absolute Gasteiger partial charge is 0.322 e. The van der Waals surface area contributed by atoms with Crippen molar-refractivity contribution >= 4 is 16.0 Å². The molecule has 1 aliphatic carbocycles. The van der Waals surface area contributed by atoms with E-state index in [-0.39, 0.29) is 17.1 Å².